The van der Waals surface area contributed by atoms with E-state index in [4.69, 9.17) is 17.0 Å². The molecule has 0 saturated carbocycles. The van der Waals surface area contributed by atoms with Gasteiger partial charge in [-0.1, -0.05) is 41.9 Å². The van der Waals surface area contributed by atoms with E-state index in [0.717, 1.165) is 22.3 Å². The number of hydrogen-bond donors (Lipinski definition) is 3. The maximum absolute atomic E-state index is 12.8. The summed E-state index contributed by atoms with van der Waals surface area (Å²) in [5.74, 6) is -0.410. The lowest BCUT2D eigenvalue weighted by atomic mass is 9.88. The number of carbonyl (C=O) groups excluding carboxylic acids is 2. The second kappa shape index (κ2) is 8.43. The van der Waals surface area contributed by atoms with Gasteiger partial charge in [-0.05, 0) is 59.5 Å². The Balaban J connectivity index is 1.65. The van der Waals surface area contributed by atoms with E-state index in [1.807, 2.05) is 36.4 Å². The topological polar surface area (TPSA) is 98.2 Å². The molecule has 1 aliphatic rings. The minimum atomic E-state index is -1.03. The number of amides is 2. The predicted octanol–water partition coefficient (Wildman–Crippen LogP) is 3.54. The fraction of sp³-hybridized carbons (Fsp3) is 0.167. The van der Waals surface area contributed by atoms with Crippen molar-refractivity contribution in [3.05, 3.63) is 88.7 Å². The van der Waals surface area contributed by atoms with Crippen LogP contribution < -0.4 is 10.6 Å². The highest BCUT2D eigenvalue weighted by Crippen LogP contribution is 2.33. The summed E-state index contributed by atoms with van der Waals surface area (Å²) in [7, 11) is 1.58. The largest absolute Gasteiger partial charge is 0.347 e. The van der Waals surface area contributed by atoms with Crippen LogP contribution in [0.5, 0.6) is 0 Å². The molecule has 1 aromatic heterocycles. The van der Waals surface area contributed by atoms with Crippen molar-refractivity contribution in [1.82, 2.24) is 20.5 Å². The molecule has 1 atom stereocenters. The van der Waals surface area contributed by atoms with Gasteiger partial charge < -0.3 is 10.6 Å². The van der Waals surface area contributed by atoms with Gasteiger partial charge >= 0.3 is 0 Å². The number of nitrogens with zero attached hydrogens (tertiary/aromatic N) is 2. The number of halogens is 1. The average molecular weight is 448 g/mol. The smallest absolute Gasteiger partial charge is 0.270 e. The van der Waals surface area contributed by atoms with Crippen molar-refractivity contribution in [3.8, 4) is 11.1 Å². The molecule has 7 nitrogen and oxygen atoms in total. The highest BCUT2D eigenvalue weighted by molar-refractivity contribution is 6.30. The summed E-state index contributed by atoms with van der Waals surface area (Å²) < 4.78 is 0. The molecule has 0 spiro atoms. The summed E-state index contributed by atoms with van der Waals surface area (Å²) in [6.45, 7) is 2.05. The van der Waals surface area contributed by atoms with E-state index in [1.165, 1.54) is 4.90 Å². The van der Waals surface area contributed by atoms with Crippen LogP contribution in [0.15, 0.2) is 66.9 Å². The van der Waals surface area contributed by atoms with E-state index in [0.29, 0.717) is 10.7 Å². The van der Waals surface area contributed by atoms with Gasteiger partial charge in [-0.2, -0.15) is 0 Å². The Morgan fingerprint density at radius 2 is 2.00 bits per heavy atom. The zero-order chi connectivity index (χ0) is 22.9. The predicted molar refractivity (Wildman–Crippen MR) is 123 cm³/mol. The van der Waals surface area contributed by atoms with Crippen LogP contribution in [-0.2, 0) is 16.9 Å². The number of pyridine rings is 1. The molecule has 3 aromatic rings. The first-order valence-electron chi connectivity index (χ1n) is 10.0. The van der Waals surface area contributed by atoms with Crippen molar-refractivity contribution >= 4 is 29.4 Å². The van der Waals surface area contributed by atoms with Crippen LogP contribution in [0.25, 0.3) is 11.1 Å². The van der Waals surface area contributed by atoms with Crippen molar-refractivity contribution < 1.29 is 9.59 Å². The van der Waals surface area contributed by atoms with Gasteiger partial charge in [-0.25, -0.2) is 0 Å². The molecule has 1 fully saturated rings. The Morgan fingerprint density at radius 3 is 2.69 bits per heavy atom. The molecule has 0 radical (unpaired) electrons. The summed E-state index contributed by atoms with van der Waals surface area (Å²) in [5.41, 5.74) is 2.61. The van der Waals surface area contributed by atoms with Gasteiger partial charge in [0, 0.05) is 24.8 Å². The summed E-state index contributed by atoms with van der Waals surface area (Å²) in [5, 5.41) is 14.4. The van der Waals surface area contributed by atoms with Crippen molar-refractivity contribution in [2.24, 2.45) is 0 Å². The normalized spacial score (nSPS) is 17.9. The zero-order valence-electron chi connectivity index (χ0n) is 17.6. The summed E-state index contributed by atoms with van der Waals surface area (Å²) in [6, 6.07) is 18.2. The molecule has 0 bridgehead atoms. The van der Waals surface area contributed by atoms with Crippen molar-refractivity contribution in [2.75, 3.05) is 7.05 Å². The lowest BCUT2D eigenvalue weighted by molar-refractivity contribution is -0.129. The molecule has 2 aromatic carbocycles. The van der Waals surface area contributed by atoms with Crippen molar-refractivity contribution in [1.29, 1.82) is 5.41 Å². The van der Waals surface area contributed by atoms with Gasteiger partial charge in [0.1, 0.15) is 11.2 Å². The first kappa shape index (κ1) is 21.5. The second-order valence-electron chi connectivity index (χ2n) is 7.74. The van der Waals surface area contributed by atoms with Crippen molar-refractivity contribution in [3.63, 3.8) is 0 Å². The summed E-state index contributed by atoms with van der Waals surface area (Å²) in [6.07, 6.45) is 1.57. The van der Waals surface area contributed by atoms with E-state index in [9.17, 15) is 9.59 Å². The van der Waals surface area contributed by atoms with Gasteiger partial charge in [0.25, 0.3) is 11.8 Å². The van der Waals surface area contributed by atoms with Gasteiger partial charge in [-0.15, -0.1) is 0 Å². The first-order chi connectivity index (χ1) is 15.3. The fourth-order valence-corrected chi connectivity index (χ4v) is 3.91. The third kappa shape index (κ3) is 3.94. The molecule has 1 unspecified atom stereocenters. The molecule has 1 aliphatic heterocycles. The minimum Gasteiger partial charge on any atom is -0.347 e. The summed E-state index contributed by atoms with van der Waals surface area (Å²) >= 11 is 6.28. The molecule has 162 valence electrons. The standard InChI is InChI=1S/C24H22ClN5O2/c1-24(22(32)30(2)23(26)29-24)17-7-5-6-15(12-17)19-13-18(25)10-9-16(19)14-28-21(31)20-8-3-4-11-27-20/h3-13H,14H2,1-2H3,(H2,26,29)(H,28,31). The van der Waals surface area contributed by atoms with Crippen LogP contribution in [0.1, 0.15) is 28.5 Å². The van der Waals surface area contributed by atoms with Gasteiger partial charge in [0.05, 0.1) is 0 Å². The maximum atomic E-state index is 12.8. The third-order valence-corrected chi connectivity index (χ3v) is 5.83. The zero-order valence-corrected chi connectivity index (χ0v) is 18.4. The highest BCUT2D eigenvalue weighted by atomic mass is 35.5. The van der Waals surface area contributed by atoms with Crippen LogP contribution in [-0.4, -0.2) is 34.7 Å². The minimum absolute atomic E-state index is 0.0589. The van der Waals surface area contributed by atoms with Crippen LogP contribution in [0.2, 0.25) is 5.02 Å². The Bertz CT molecular complexity index is 1210. The molecular formula is C24H22ClN5O2. The van der Waals surface area contributed by atoms with Crippen LogP contribution in [0.4, 0.5) is 0 Å². The molecule has 0 aliphatic carbocycles. The van der Waals surface area contributed by atoms with E-state index in [-0.39, 0.29) is 24.3 Å². The van der Waals surface area contributed by atoms with Crippen LogP contribution >= 0.6 is 11.6 Å². The quantitative estimate of drug-likeness (QED) is 0.557. The number of benzene rings is 2. The fourth-order valence-electron chi connectivity index (χ4n) is 3.74. The molecular weight excluding hydrogens is 426 g/mol. The summed E-state index contributed by atoms with van der Waals surface area (Å²) in [4.78, 5) is 30.6. The Labute approximate surface area is 190 Å². The molecule has 2 heterocycles. The number of rotatable bonds is 5. The molecule has 1 saturated heterocycles. The Hall–Kier alpha value is -3.71. The van der Waals surface area contributed by atoms with Gasteiger partial charge in [0.2, 0.25) is 0 Å². The number of likely N-dealkylation sites (N-methyl/N-ethyl adjacent to an activating group) is 1. The number of guanidine groups is 1. The Kier molecular flexibility index (Phi) is 5.67. The molecule has 2 amide bonds. The lowest BCUT2D eigenvalue weighted by Crippen LogP contribution is -2.40. The highest BCUT2D eigenvalue weighted by Gasteiger charge is 2.45. The van der Waals surface area contributed by atoms with Gasteiger partial charge in [0.15, 0.2) is 5.96 Å². The number of carbonyl (C=O) groups is 2. The van der Waals surface area contributed by atoms with Crippen LogP contribution in [0, 0.1) is 5.41 Å². The monoisotopic (exact) mass is 447 g/mol. The molecule has 4 rings (SSSR count). The average Bonchev–Trinajstić information content (AvgIpc) is 3.02. The van der Waals surface area contributed by atoms with Gasteiger partial charge in [-0.3, -0.25) is 24.9 Å². The Morgan fingerprint density at radius 1 is 1.19 bits per heavy atom. The SMILES string of the molecule is CN1C(=N)NC(C)(c2cccc(-c3cc(Cl)ccc3CNC(=O)c3ccccn3)c2)C1=O. The second-order valence-corrected chi connectivity index (χ2v) is 8.18. The van der Waals surface area contributed by atoms with Crippen LogP contribution in [0.3, 0.4) is 0 Å². The van der Waals surface area contributed by atoms with E-state index in [1.54, 1.807) is 44.4 Å². The lowest BCUT2D eigenvalue weighted by Gasteiger charge is -2.23. The molecule has 8 heteroatoms. The van der Waals surface area contributed by atoms with Crippen molar-refractivity contribution in [2.45, 2.75) is 19.0 Å². The third-order valence-electron chi connectivity index (χ3n) is 5.60. The number of nitrogens with one attached hydrogen (secondary N) is 3. The molecule has 3 N–H and O–H groups in total. The van der Waals surface area contributed by atoms with E-state index in [2.05, 4.69) is 15.6 Å². The first-order valence-corrected chi connectivity index (χ1v) is 10.4. The molecule has 32 heavy (non-hydrogen) atoms. The number of aromatic nitrogens is 1. The van der Waals surface area contributed by atoms with E-state index < -0.39 is 5.54 Å². The number of hydrogen-bond acceptors (Lipinski definition) is 4. The van der Waals surface area contributed by atoms with E-state index >= 15 is 0 Å². The maximum Gasteiger partial charge on any atom is 0.270 e.